The van der Waals surface area contributed by atoms with Crippen LogP contribution in [-0.2, 0) is 11.3 Å². The van der Waals surface area contributed by atoms with E-state index in [-0.39, 0.29) is 12.5 Å². The number of aryl methyl sites for hydroxylation is 1. The molecule has 0 aliphatic heterocycles. The van der Waals surface area contributed by atoms with Gasteiger partial charge in [0, 0.05) is 24.1 Å². The Morgan fingerprint density at radius 2 is 2.28 bits per heavy atom. The number of nitrogens with zero attached hydrogens (tertiary/aromatic N) is 2. The first-order valence-corrected chi connectivity index (χ1v) is 5.96. The number of nitrogens with one attached hydrogen (secondary N) is 1. The molecule has 0 spiro atoms. The summed E-state index contributed by atoms with van der Waals surface area (Å²) in [5.41, 5.74) is -0.671. The van der Waals surface area contributed by atoms with Crippen LogP contribution >= 0.6 is 12.6 Å². The van der Waals surface area contributed by atoms with Gasteiger partial charge in [0.1, 0.15) is 6.54 Å². The highest BCUT2D eigenvalue weighted by atomic mass is 32.1. The summed E-state index contributed by atoms with van der Waals surface area (Å²) in [6.45, 7) is 5.37. The molecular weight excluding hydrogens is 254 g/mol. The molecule has 1 rings (SSSR count). The Hall–Kier alpha value is -1.76. The molecule has 7 heteroatoms. The van der Waals surface area contributed by atoms with Crippen molar-refractivity contribution in [1.29, 1.82) is 0 Å². The predicted octanol–water partition coefficient (Wildman–Crippen LogP) is -0.253. The third-order valence-electron chi connectivity index (χ3n) is 2.38. The van der Waals surface area contributed by atoms with E-state index >= 15 is 0 Å². The molecule has 6 nitrogen and oxygen atoms in total. The Morgan fingerprint density at radius 1 is 1.61 bits per heavy atom. The van der Waals surface area contributed by atoms with Gasteiger partial charge in [-0.1, -0.05) is 6.58 Å². The number of hydrogen-bond acceptors (Lipinski definition) is 4. The smallest absolute Gasteiger partial charge is 0.317 e. The SMILES string of the molecule is C=CN(CCS)C(=O)Cn1cc(C)c(=O)[nH]c1=O. The van der Waals surface area contributed by atoms with Crippen LogP contribution in [0.3, 0.4) is 0 Å². The monoisotopic (exact) mass is 269 g/mol. The lowest BCUT2D eigenvalue weighted by Crippen LogP contribution is -2.37. The van der Waals surface area contributed by atoms with Crippen molar-refractivity contribution in [2.45, 2.75) is 13.5 Å². The van der Waals surface area contributed by atoms with Crippen LogP contribution in [0.25, 0.3) is 0 Å². The number of thiol groups is 1. The average molecular weight is 269 g/mol. The van der Waals surface area contributed by atoms with Crippen molar-refractivity contribution in [1.82, 2.24) is 14.5 Å². The van der Waals surface area contributed by atoms with Gasteiger partial charge < -0.3 is 4.90 Å². The summed E-state index contributed by atoms with van der Waals surface area (Å²) in [5, 5.41) is 0. The number of H-pyrrole nitrogens is 1. The van der Waals surface area contributed by atoms with Crippen molar-refractivity contribution in [3.05, 3.63) is 45.4 Å². The number of rotatable bonds is 5. The van der Waals surface area contributed by atoms with E-state index in [0.29, 0.717) is 17.9 Å². The highest BCUT2D eigenvalue weighted by Crippen LogP contribution is 1.95. The van der Waals surface area contributed by atoms with E-state index in [1.54, 1.807) is 6.92 Å². The van der Waals surface area contributed by atoms with Crippen molar-refractivity contribution >= 4 is 18.5 Å². The Kier molecular flexibility index (Phi) is 4.96. The first-order valence-electron chi connectivity index (χ1n) is 5.33. The van der Waals surface area contributed by atoms with Crippen LogP contribution in [0.5, 0.6) is 0 Å². The normalized spacial score (nSPS) is 10.1. The molecular formula is C11H15N3O3S. The van der Waals surface area contributed by atoms with Crippen LogP contribution in [0.15, 0.2) is 28.6 Å². The van der Waals surface area contributed by atoms with E-state index in [1.807, 2.05) is 0 Å². The van der Waals surface area contributed by atoms with Gasteiger partial charge in [0.25, 0.3) is 5.56 Å². The number of aromatic nitrogens is 2. The molecule has 0 bridgehead atoms. The lowest BCUT2D eigenvalue weighted by Gasteiger charge is -2.17. The van der Waals surface area contributed by atoms with E-state index < -0.39 is 11.2 Å². The quantitative estimate of drug-likeness (QED) is 0.724. The molecule has 0 saturated heterocycles. The summed E-state index contributed by atoms with van der Waals surface area (Å²) in [5.74, 6) is 0.213. The van der Waals surface area contributed by atoms with E-state index in [9.17, 15) is 14.4 Å². The predicted molar refractivity (Wildman–Crippen MR) is 71.8 cm³/mol. The van der Waals surface area contributed by atoms with Crippen molar-refractivity contribution in [2.75, 3.05) is 12.3 Å². The zero-order valence-electron chi connectivity index (χ0n) is 10.0. The van der Waals surface area contributed by atoms with E-state index in [0.717, 1.165) is 4.57 Å². The van der Waals surface area contributed by atoms with E-state index in [1.165, 1.54) is 17.3 Å². The second-order valence-corrected chi connectivity index (χ2v) is 4.14. The van der Waals surface area contributed by atoms with Crippen LogP contribution in [-0.4, -0.2) is 32.7 Å². The highest BCUT2D eigenvalue weighted by Gasteiger charge is 2.11. The highest BCUT2D eigenvalue weighted by molar-refractivity contribution is 7.80. The molecule has 1 heterocycles. The largest absolute Gasteiger partial charge is 0.328 e. The fourth-order valence-corrected chi connectivity index (χ4v) is 1.61. The second-order valence-electron chi connectivity index (χ2n) is 3.69. The standard InChI is InChI=1S/C11H15N3O3S/c1-3-13(4-5-18)9(15)7-14-6-8(2)10(16)12-11(14)17/h3,6,18H,1,4-5,7H2,2H3,(H,12,16,17). The lowest BCUT2D eigenvalue weighted by molar-refractivity contribution is -0.129. The second kappa shape index (κ2) is 6.25. The summed E-state index contributed by atoms with van der Waals surface area (Å²) >= 11 is 4.03. The van der Waals surface area contributed by atoms with Gasteiger partial charge in [-0.05, 0) is 13.1 Å². The van der Waals surface area contributed by atoms with Crippen LogP contribution < -0.4 is 11.2 Å². The topological polar surface area (TPSA) is 75.2 Å². The molecule has 1 aromatic heterocycles. The first kappa shape index (κ1) is 14.3. The molecule has 98 valence electrons. The van der Waals surface area contributed by atoms with Gasteiger partial charge in [0.15, 0.2) is 0 Å². The zero-order chi connectivity index (χ0) is 13.7. The minimum atomic E-state index is -0.603. The van der Waals surface area contributed by atoms with Gasteiger partial charge in [0.05, 0.1) is 0 Å². The van der Waals surface area contributed by atoms with Gasteiger partial charge in [-0.3, -0.25) is 19.1 Å². The average Bonchev–Trinajstić information content (AvgIpc) is 2.32. The van der Waals surface area contributed by atoms with Crippen molar-refractivity contribution in [2.24, 2.45) is 0 Å². The third-order valence-corrected chi connectivity index (χ3v) is 2.58. The van der Waals surface area contributed by atoms with Gasteiger partial charge in [-0.15, -0.1) is 0 Å². The van der Waals surface area contributed by atoms with Gasteiger partial charge in [-0.25, -0.2) is 4.79 Å². The molecule has 0 fully saturated rings. The number of aromatic amines is 1. The lowest BCUT2D eigenvalue weighted by atomic mass is 10.4. The van der Waals surface area contributed by atoms with E-state index in [4.69, 9.17) is 0 Å². The van der Waals surface area contributed by atoms with Gasteiger partial charge >= 0.3 is 5.69 Å². The summed E-state index contributed by atoms with van der Waals surface area (Å²) in [4.78, 5) is 38.0. The minimum absolute atomic E-state index is 0.143. The third kappa shape index (κ3) is 3.36. The maximum Gasteiger partial charge on any atom is 0.328 e. The maximum atomic E-state index is 11.9. The molecule has 1 amide bonds. The van der Waals surface area contributed by atoms with Crippen LogP contribution in [0.1, 0.15) is 5.56 Å². The fraction of sp³-hybridized carbons (Fsp3) is 0.364. The molecule has 18 heavy (non-hydrogen) atoms. The van der Waals surface area contributed by atoms with E-state index in [2.05, 4.69) is 24.2 Å². The van der Waals surface area contributed by atoms with Crippen LogP contribution in [0, 0.1) is 6.92 Å². The number of hydrogen-bond donors (Lipinski definition) is 2. The van der Waals surface area contributed by atoms with Gasteiger partial charge in [-0.2, -0.15) is 12.6 Å². The molecule has 0 atom stereocenters. The number of amides is 1. The van der Waals surface area contributed by atoms with Crippen molar-refractivity contribution in [3.8, 4) is 0 Å². The molecule has 1 aromatic rings. The van der Waals surface area contributed by atoms with Crippen LogP contribution in [0.4, 0.5) is 0 Å². The summed E-state index contributed by atoms with van der Waals surface area (Å²) in [6, 6.07) is 0. The Morgan fingerprint density at radius 3 is 2.83 bits per heavy atom. The Labute approximate surface area is 109 Å². The molecule has 0 unspecified atom stereocenters. The van der Waals surface area contributed by atoms with Crippen molar-refractivity contribution < 1.29 is 4.79 Å². The Bertz CT molecular complexity index is 561. The minimum Gasteiger partial charge on any atom is -0.317 e. The molecule has 0 aliphatic carbocycles. The summed E-state index contributed by atoms with van der Waals surface area (Å²) < 4.78 is 1.16. The summed E-state index contributed by atoms with van der Waals surface area (Å²) in [6.07, 6.45) is 2.75. The molecule has 1 N–H and O–H groups in total. The summed E-state index contributed by atoms with van der Waals surface area (Å²) in [7, 11) is 0. The number of carbonyl (C=O) groups excluding carboxylic acids is 1. The van der Waals surface area contributed by atoms with Crippen molar-refractivity contribution in [3.63, 3.8) is 0 Å². The first-order chi connectivity index (χ1) is 8.49. The maximum absolute atomic E-state index is 11.9. The fourth-order valence-electron chi connectivity index (χ4n) is 1.40. The Balaban J connectivity index is 2.94. The zero-order valence-corrected chi connectivity index (χ0v) is 10.9. The molecule has 0 radical (unpaired) electrons. The van der Waals surface area contributed by atoms with Crippen LogP contribution in [0.2, 0.25) is 0 Å². The van der Waals surface area contributed by atoms with Gasteiger partial charge in [0.2, 0.25) is 5.91 Å². The molecule has 0 aromatic carbocycles. The molecule has 0 aliphatic rings. The number of carbonyl (C=O) groups is 1. The molecule has 0 saturated carbocycles.